The van der Waals surface area contributed by atoms with Crippen molar-refractivity contribution in [1.82, 2.24) is 5.32 Å². The van der Waals surface area contributed by atoms with E-state index >= 15 is 0 Å². The highest BCUT2D eigenvalue weighted by molar-refractivity contribution is 5.75. The number of hydrogen-bond acceptors (Lipinski definition) is 3. The molecule has 2 heterocycles. The molecule has 3 rings (SSSR count). The maximum atomic E-state index is 11.9. The molecular formula is C17H27NO2. The molecule has 0 unspecified atom stereocenters. The van der Waals surface area contributed by atoms with E-state index in [-0.39, 0.29) is 18.0 Å². The first-order chi connectivity index (χ1) is 9.65. The van der Waals surface area contributed by atoms with Gasteiger partial charge in [-0.05, 0) is 45.4 Å². The second-order valence-electron chi connectivity index (χ2n) is 6.91. The zero-order valence-corrected chi connectivity index (χ0v) is 12.7. The second kappa shape index (κ2) is 5.88. The van der Waals surface area contributed by atoms with Crippen LogP contribution in [0.3, 0.4) is 0 Å². The van der Waals surface area contributed by atoms with Gasteiger partial charge in [0.15, 0.2) is 0 Å². The minimum absolute atomic E-state index is 0.0463. The molecule has 0 amide bonds. The molecule has 0 aromatic carbocycles. The highest BCUT2D eigenvalue weighted by Crippen LogP contribution is 2.43. The number of cyclic esters (lactones) is 1. The van der Waals surface area contributed by atoms with Gasteiger partial charge in [-0.2, -0.15) is 0 Å². The third-order valence-electron chi connectivity index (χ3n) is 5.40. The van der Waals surface area contributed by atoms with Crippen LogP contribution in [-0.4, -0.2) is 24.2 Å². The maximum absolute atomic E-state index is 11.9. The van der Waals surface area contributed by atoms with E-state index in [1.807, 2.05) is 0 Å². The van der Waals surface area contributed by atoms with E-state index < -0.39 is 0 Å². The predicted octanol–water partition coefficient (Wildman–Crippen LogP) is 3.05. The number of hydrogen-bond donors (Lipinski definition) is 1. The van der Waals surface area contributed by atoms with Crippen molar-refractivity contribution in [2.75, 3.05) is 0 Å². The summed E-state index contributed by atoms with van der Waals surface area (Å²) in [6, 6.07) is 1.15. The van der Waals surface area contributed by atoms with Gasteiger partial charge >= 0.3 is 5.97 Å². The Labute approximate surface area is 122 Å². The summed E-state index contributed by atoms with van der Waals surface area (Å²) in [5, 5.41) is 3.65. The van der Waals surface area contributed by atoms with Crippen LogP contribution in [0.1, 0.15) is 52.4 Å². The maximum Gasteiger partial charge on any atom is 0.309 e. The minimum Gasteiger partial charge on any atom is -0.462 e. The van der Waals surface area contributed by atoms with Crippen molar-refractivity contribution in [2.45, 2.75) is 70.6 Å². The fourth-order valence-electron chi connectivity index (χ4n) is 4.39. The molecule has 2 saturated heterocycles. The lowest BCUT2D eigenvalue weighted by atomic mass is 9.71. The molecule has 112 valence electrons. The van der Waals surface area contributed by atoms with Crippen LogP contribution in [0, 0.1) is 17.8 Å². The van der Waals surface area contributed by atoms with E-state index in [4.69, 9.17) is 4.74 Å². The molecule has 1 saturated carbocycles. The number of esters is 1. The SMILES string of the molecule is C[C@@H]1CCC[C@@H](/C=C/[C@@H]2CCC[C@@H]3C(=O)O[C@@H](C)[C@H]23)N1. The summed E-state index contributed by atoms with van der Waals surface area (Å²) >= 11 is 0. The van der Waals surface area contributed by atoms with Gasteiger partial charge in [0.1, 0.15) is 6.10 Å². The summed E-state index contributed by atoms with van der Waals surface area (Å²) in [6.07, 6.45) is 12.1. The molecule has 2 aliphatic heterocycles. The van der Waals surface area contributed by atoms with Crippen LogP contribution in [0.4, 0.5) is 0 Å². The van der Waals surface area contributed by atoms with Gasteiger partial charge < -0.3 is 10.1 Å². The number of piperidine rings is 1. The van der Waals surface area contributed by atoms with Crippen molar-refractivity contribution in [3.05, 3.63) is 12.2 Å². The van der Waals surface area contributed by atoms with Crippen LogP contribution in [0.5, 0.6) is 0 Å². The summed E-state index contributed by atoms with van der Waals surface area (Å²) in [5.74, 6) is 1.14. The van der Waals surface area contributed by atoms with Crippen LogP contribution >= 0.6 is 0 Å². The van der Waals surface area contributed by atoms with Crippen molar-refractivity contribution in [3.63, 3.8) is 0 Å². The third-order valence-corrected chi connectivity index (χ3v) is 5.40. The molecule has 0 aromatic heterocycles. The summed E-state index contributed by atoms with van der Waals surface area (Å²) in [6.45, 7) is 4.33. The van der Waals surface area contributed by atoms with Crippen molar-refractivity contribution >= 4 is 5.97 Å². The molecule has 0 radical (unpaired) electrons. The Kier molecular flexibility index (Phi) is 4.16. The van der Waals surface area contributed by atoms with Gasteiger partial charge in [-0.15, -0.1) is 0 Å². The van der Waals surface area contributed by atoms with Gasteiger partial charge in [0.25, 0.3) is 0 Å². The van der Waals surface area contributed by atoms with Gasteiger partial charge in [-0.1, -0.05) is 25.0 Å². The van der Waals surface area contributed by atoms with Crippen molar-refractivity contribution in [3.8, 4) is 0 Å². The third kappa shape index (κ3) is 2.78. The standard InChI is InChI=1S/C17H27NO2/c1-11-5-3-7-14(18-11)10-9-13-6-4-8-15-16(13)12(2)20-17(15)19/h9-16,18H,3-8H2,1-2H3/b10-9+/t11-,12+,13+,14+,15+,16-/m1/s1. The first kappa shape index (κ1) is 14.1. The first-order valence-electron chi connectivity index (χ1n) is 8.30. The number of carbonyl (C=O) groups is 1. The molecule has 3 heteroatoms. The van der Waals surface area contributed by atoms with Crippen molar-refractivity contribution in [1.29, 1.82) is 0 Å². The average Bonchev–Trinajstić information content (AvgIpc) is 2.73. The molecule has 3 aliphatic rings. The zero-order chi connectivity index (χ0) is 14.1. The highest BCUT2D eigenvalue weighted by Gasteiger charge is 2.47. The Balaban J connectivity index is 1.65. The van der Waals surface area contributed by atoms with Gasteiger partial charge in [-0.3, -0.25) is 4.79 Å². The van der Waals surface area contributed by atoms with Crippen molar-refractivity contribution in [2.24, 2.45) is 17.8 Å². The Morgan fingerprint density at radius 1 is 1.10 bits per heavy atom. The average molecular weight is 277 g/mol. The van der Waals surface area contributed by atoms with E-state index in [9.17, 15) is 4.79 Å². The Morgan fingerprint density at radius 2 is 1.90 bits per heavy atom. The monoisotopic (exact) mass is 277 g/mol. The molecule has 3 nitrogen and oxygen atoms in total. The lowest BCUT2D eigenvalue weighted by molar-refractivity contribution is -0.143. The van der Waals surface area contributed by atoms with E-state index in [2.05, 4.69) is 31.3 Å². The molecule has 20 heavy (non-hydrogen) atoms. The van der Waals surface area contributed by atoms with Crippen LogP contribution in [-0.2, 0) is 9.53 Å². The topological polar surface area (TPSA) is 38.3 Å². The summed E-state index contributed by atoms with van der Waals surface area (Å²) in [5.41, 5.74) is 0. The van der Waals surface area contributed by atoms with Crippen LogP contribution in [0.2, 0.25) is 0 Å². The van der Waals surface area contributed by atoms with Crippen LogP contribution in [0.25, 0.3) is 0 Å². The molecule has 0 aromatic rings. The number of nitrogens with one attached hydrogen (secondary N) is 1. The number of rotatable bonds is 2. The molecule has 0 spiro atoms. The molecule has 1 N–H and O–H groups in total. The first-order valence-corrected chi connectivity index (χ1v) is 8.30. The molecule has 3 fully saturated rings. The quantitative estimate of drug-likeness (QED) is 0.623. The summed E-state index contributed by atoms with van der Waals surface area (Å²) < 4.78 is 5.46. The van der Waals surface area contributed by atoms with Crippen LogP contribution in [0.15, 0.2) is 12.2 Å². The summed E-state index contributed by atoms with van der Waals surface area (Å²) in [4.78, 5) is 11.9. The van der Waals surface area contributed by atoms with Gasteiger partial charge in [0.2, 0.25) is 0 Å². The predicted molar refractivity (Wildman–Crippen MR) is 79.3 cm³/mol. The smallest absolute Gasteiger partial charge is 0.309 e. The molecule has 0 bridgehead atoms. The summed E-state index contributed by atoms with van der Waals surface area (Å²) in [7, 11) is 0. The van der Waals surface area contributed by atoms with Gasteiger partial charge in [0, 0.05) is 18.0 Å². The van der Waals surface area contributed by atoms with E-state index in [1.54, 1.807) is 0 Å². The number of ether oxygens (including phenoxy) is 1. The number of allylic oxidation sites excluding steroid dienone is 1. The Hall–Kier alpha value is -0.830. The Morgan fingerprint density at radius 3 is 2.70 bits per heavy atom. The van der Waals surface area contributed by atoms with E-state index in [0.717, 1.165) is 12.8 Å². The number of carbonyl (C=O) groups excluding carboxylic acids is 1. The Bertz CT molecular complexity index is 392. The van der Waals surface area contributed by atoms with Gasteiger partial charge in [0.05, 0.1) is 5.92 Å². The largest absolute Gasteiger partial charge is 0.462 e. The number of fused-ring (bicyclic) bond motifs is 1. The fraction of sp³-hybridized carbons (Fsp3) is 0.824. The normalized spacial score (nSPS) is 45.4. The minimum atomic E-state index is 0.0463. The van der Waals surface area contributed by atoms with Gasteiger partial charge in [-0.25, -0.2) is 0 Å². The van der Waals surface area contributed by atoms with Crippen molar-refractivity contribution < 1.29 is 9.53 Å². The van der Waals surface area contributed by atoms with Crippen LogP contribution < -0.4 is 5.32 Å². The molecular weight excluding hydrogens is 250 g/mol. The lowest BCUT2D eigenvalue weighted by Gasteiger charge is -2.32. The highest BCUT2D eigenvalue weighted by atomic mass is 16.6. The lowest BCUT2D eigenvalue weighted by Crippen LogP contribution is -2.39. The fourth-order valence-corrected chi connectivity index (χ4v) is 4.39. The second-order valence-corrected chi connectivity index (χ2v) is 6.91. The van der Waals surface area contributed by atoms with E-state index in [1.165, 1.54) is 25.7 Å². The zero-order valence-electron chi connectivity index (χ0n) is 12.7. The van der Waals surface area contributed by atoms with E-state index in [0.29, 0.717) is 23.9 Å². The molecule has 1 aliphatic carbocycles. The molecule has 6 atom stereocenters.